The topological polar surface area (TPSA) is 91.6 Å². The third kappa shape index (κ3) is 4.02. The van der Waals surface area contributed by atoms with E-state index in [1.807, 2.05) is 4.90 Å². The molecule has 1 aliphatic rings. The molecule has 0 atom stereocenters. The van der Waals surface area contributed by atoms with Crippen molar-refractivity contribution in [2.75, 3.05) is 37.3 Å². The zero-order valence-corrected chi connectivity index (χ0v) is 17.0. The summed E-state index contributed by atoms with van der Waals surface area (Å²) in [7, 11) is -3.27. The molecule has 0 bridgehead atoms. The summed E-state index contributed by atoms with van der Waals surface area (Å²) >= 11 is 0. The molecule has 2 aromatic heterocycles. The number of alkyl halides is 3. The minimum atomic E-state index is -4.99. The summed E-state index contributed by atoms with van der Waals surface area (Å²) in [5, 5.41) is 14.2. The fraction of sp³-hybridized carbons (Fsp3) is 0.333. The molecule has 4 rings (SSSR count). The maximum atomic E-state index is 13.7. The number of pyridine rings is 1. The lowest BCUT2D eigenvalue weighted by Crippen LogP contribution is -2.48. The van der Waals surface area contributed by atoms with Crippen molar-refractivity contribution in [1.82, 2.24) is 19.1 Å². The molecule has 3 aromatic rings. The van der Waals surface area contributed by atoms with Gasteiger partial charge in [0.15, 0.2) is 11.6 Å². The number of piperazine rings is 1. The van der Waals surface area contributed by atoms with Crippen LogP contribution in [0.25, 0.3) is 16.6 Å². The predicted octanol–water partition coefficient (Wildman–Crippen LogP) is 2.37. The molecule has 1 N–H and O–H groups in total. The van der Waals surface area contributed by atoms with Crippen molar-refractivity contribution in [3.05, 3.63) is 42.0 Å². The highest BCUT2D eigenvalue weighted by Crippen LogP contribution is 2.37. The molecular weight excluding hydrogens is 442 g/mol. The van der Waals surface area contributed by atoms with Crippen molar-refractivity contribution < 1.29 is 31.1 Å². The van der Waals surface area contributed by atoms with Crippen LogP contribution in [0, 0.1) is 5.82 Å². The van der Waals surface area contributed by atoms with Crippen LogP contribution in [-0.4, -0.2) is 65.0 Å². The van der Waals surface area contributed by atoms with Crippen molar-refractivity contribution >= 4 is 26.7 Å². The summed E-state index contributed by atoms with van der Waals surface area (Å²) in [6, 6.07) is 3.11. The van der Waals surface area contributed by atoms with Crippen LogP contribution in [0.1, 0.15) is 5.56 Å². The number of phenolic OH excluding ortho intramolecular Hbond substituents is 1. The summed E-state index contributed by atoms with van der Waals surface area (Å²) < 4.78 is 78.8. The molecule has 1 aromatic carbocycles. The van der Waals surface area contributed by atoms with E-state index in [1.54, 1.807) is 6.07 Å². The van der Waals surface area contributed by atoms with E-state index in [4.69, 9.17) is 0 Å². The second kappa shape index (κ2) is 7.34. The number of aromatic hydroxyl groups is 1. The van der Waals surface area contributed by atoms with Gasteiger partial charge in [0.2, 0.25) is 10.0 Å². The lowest BCUT2D eigenvalue weighted by atomic mass is 10.1. The van der Waals surface area contributed by atoms with Crippen LogP contribution in [0.2, 0.25) is 0 Å². The molecule has 0 aliphatic carbocycles. The summed E-state index contributed by atoms with van der Waals surface area (Å²) in [5.74, 6) is -2.32. The first kappa shape index (κ1) is 21.3. The number of nitrogens with zero attached hydrogens (tertiary/aromatic N) is 5. The van der Waals surface area contributed by atoms with Gasteiger partial charge in [-0.3, -0.25) is 0 Å². The molecule has 0 radical (unpaired) electrons. The molecule has 31 heavy (non-hydrogen) atoms. The number of sulfonamides is 1. The summed E-state index contributed by atoms with van der Waals surface area (Å²) in [6.45, 7) is 1.49. The fourth-order valence-electron chi connectivity index (χ4n) is 3.47. The largest absolute Gasteiger partial charge is 0.505 e. The standard InChI is InChI=1S/C18H17F4N5O3S/c1-31(29,30)26-4-2-25(3-5-26)16-6-11-9-24-27(14(11)10-23-16)12-7-13(18(20,21)22)17(19)15(28)8-12/h6-10,28H,2-5H2,1H3. The highest BCUT2D eigenvalue weighted by molar-refractivity contribution is 7.88. The molecule has 3 heterocycles. The Morgan fingerprint density at radius 2 is 1.74 bits per heavy atom. The van der Waals surface area contributed by atoms with E-state index in [2.05, 4.69) is 10.1 Å². The first-order valence-corrected chi connectivity index (χ1v) is 10.9. The molecule has 8 nitrogen and oxygen atoms in total. The molecule has 13 heteroatoms. The van der Waals surface area contributed by atoms with Gasteiger partial charge >= 0.3 is 6.18 Å². The third-order valence-corrected chi connectivity index (χ3v) is 6.36. The Bertz CT molecular complexity index is 1250. The number of anilines is 1. The Kier molecular flexibility index (Phi) is 5.04. The maximum absolute atomic E-state index is 13.7. The van der Waals surface area contributed by atoms with Crippen LogP contribution in [0.4, 0.5) is 23.4 Å². The van der Waals surface area contributed by atoms with E-state index in [0.717, 1.165) is 17.0 Å². The van der Waals surface area contributed by atoms with Crippen LogP contribution in [0.15, 0.2) is 30.6 Å². The van der Waals surface area contributed by atoms with Gasteiger partial charge < -0.3 is 10.0 Å². The van der Waals surface area contributed by atoms with E-state index < -0.39 is 33.3 Å². The highest BCUT2D eigenvalue weighted by Gasteiger charge is 2.36. The minimum Gasteiger partial charge on any atom is -0.505 e. The Hall–Kier alpha value is -2.93. The molecule has 0 unspecified atom stereocenters. The number of hydrogen-bond donors (Lipinski definition) is 1. The van der Waals surface area contributed by atoms with E-state index in [-0.39, 0.29) is 5.69 Å². The first-order valence-electron chi connectivity index (χ1n) is 9.09. The number of rotatable bonds is 3. The van der Waals surface area contributed by atoms with Crippen molar-refractivity contribution in [3.63, 3.8) is 0 Å². The molecular formula is C18H17F4N5O3S. The van der Waals surface area contributed by atoms with Gasteiger partial charge in [0.25, 0.3) is 0 Å². The number of aromatic nitrogens is 3. The lowest BCUT2D eigenvalue weighted by molar-refractivity contribution is -0.140. The number of phenols is 1. The molecule has 1 saturated heterocycles. The Morgan fingerprint density at radius 3 is 2.35 bits per heavy atom. The van der Waals surface area contributed by atoms with Crippen LogP contribution < -0.4 is 4.90 Å². The summed E-state index contributed by atoms with van der Waals surface area (Å²) in [6.07, 6.45) is -1.01. The molecule has 1 fully saturated rings. The molecule has 0 spiro atoms. The Labute approximate surface area is 174 Å². The van der Waals surface area contributed by atoms with E-state index in [1.165, 1.54) is 16.7 Å². The maximum Gasteiger partial charge on any atom is 0.419 e. The van der Waals surface area contributed by atoms with Crippen molar-refractivity contribution in [2.45, 2.75) is 6.18 Å². The van der Waals surface area contributed by atoms with Gasteiger partial charge in [-0.1, -0.05) is 0 Å². The quantitative estimate of drug-likeness (QED) is 0.605. The third-order valence-electron chi connectivity index (χ3n) is 5.06. The molecule has 166 valence electrons. The van der Waals surface area contributed by atoms with E-state index in [0.29, 0.717) is 49.0 Å². The Balaban J connectivity index is 1.66. The van der Waals surface area contributed by atoms with Crippen LogP contribution in [-0.2, 0) is 16.2 Å². The van der Waals surface area contributed by atoms with Gasteiger partial charge in [0.05, 0.1) is 35.4 Å². The van der Waals surface area contributed by atoms with E-state index >= 15 is 0 Å². The zero-order chi connectivity index (χ0) is 22.6. The molecule has 1 aliphatic heterocycles. The fourth-order valence-corrected chi connectivity index (χ4v) is 4.29. The van der Waals surface area contributed by atoms with Gasteiger partial charge in [-0.15, -0.1) is 0 Å². The average Bonchev–Trinajstić information content (AvgIpc) is 3.11. The lowest BCUT2D eigenvalue weighted by Gasteiger charge is -2.33. The smallest absolute Gasteiger partial charge is 0.419 e. The van der Waals surface area contributed by atoms with Crippen LogP contribution >= 0.6 is 0 Å². The van der Waals surface area contributed by atoms with Crippen molar-refractivity contribution in [3.8, 4) is 11.4 Å². The first-order chi connectivity index (χ1) is 14.4. The number of benzene rings is 1. The molecule has 0 saturated carbocycles. The van der Waals surface area contributed by atoms with Gasteiger partial charge in [-0.25, -0.2) is 22.5 Å². The van der Waals surface area contributed by atoms with Crippen LogP contribution in [0.5, 0.6) is 5.75 Å². The predicted molar refractivity (Wildman–Crippen MR) is 104 cm³/mol. The van der Waals surface area contributed by atoms with Crippen molar-refractivity contribution in [1.29, 1.82) is 0 Å². The molecule has 0 amide bonds. The van der Waals surface area contributed by atoms with Gasteiger partial charge in [0.1, 0.15) is 5.82 Å². The van der Waals surface area contributed by atoms with Gasteiger partial charge in [-0.05, 0) is 12.1 Å². The average molecular weight is 459 g/mol. The number of hydrogen-bond acceptors (Lipinski definition) is 6. The van der Waals surface area contributed by atoms with Gasteiger partial charge in [0, 0.05) is 37.6 Å². The van der Waals surface area contributed by atoms with Crippen molar-refractivity contribution in [2.24, 2.45) is 0 Å². The second-order valence-corrected chi connectivity index (χ2v) is 9.11. The number of fused-ring (bicyclic) bond motifs is 1. The summed E-state index contributed by atoms with van der Waals surface area (Å²) in [4.78, 5) is 6.22. The Morgan fingerprint density at radius 1 is 1.06 bits per heavy atom. The SMILES string of the molecule is CS(=O)(=O)N1CCN(c2cc3cnn(-c4cc(O)c(F)c(C(F)(F)F)c4)c3cn2)CC1. The van der Waals surface area contributed by atoms with Crippen LogP contribution in [0.3, 0.4) is 0 Å². The zero-order valence-electron chi connectivity index (χ0n) is 16.1. The normalized spacial score (nSPS) is 16.2. The number of halogens is 4. The second-order valence-electron chi connectivity index (χ2n) is 7.13. The van der Waals surface area contributed by atoms with Gasteiger partial charge in [-0.2, -0.15) is 22.6 Å². The highest BCUT2D eigenvalue weighted by atomic mass is 32.2. The minimum absolute atomic E-state index is 0.169. The summed E-state index contributed by atoms with van der Waals surface area (Å²) in [5.41, 5.74) is -1.41. The monoisotopic (exact) mass is 459 g/mol. The van der Waals surface area contributed by atoms with E-state index in [9.17, 15) is 31.1 Å².